The Hall–Kier alpha value is -0.440. The van der Waals surface area contributed by atoms with E-state index in [0.29, 0.717) is 16.8 Å². The predicted molar refractivity (Wildman–Crippen MR) is 62.8 cm³/mol. The largest absolute Gasteiger partial charge is 0.478 e. The van der Waals surface area contributed by atoms with Gasteiger partial charge < -0.3 is 4.74 Å². The SMILES string of the molecule is Clc1ccc(OCN2CCCC2)cc1Cl. The van der Waals surface area contributed by atoms with Crippen LogP contribution in [0.5, 0.6) is 5.75 Å². The molecule has 1 heterocycles. The van der Waals surface area contributed by atoms with Crippen molar-refractivity contribution in [1.82, 2.24) is 4.90 Å². The van der Waals surface area contributed by atoms with Gasteiger partial charge in [0.2, 0.25) is 0 Å². The second-order valence-electron chi connectivity index (χ2n) is 3.67. The first kappa shape index (κ1) is 11.1. The van der Waals surface area contributed by atoms with Gasteiger partial charge in [-0.25, -0.2) is 0 Å². The molecular weight excluding hydrogens is 233 g/mol. The summed E-state index contributed by atoms with van der Waals surface area (Å²) in [5.41, 5.74) is 0. The first-order valence-corrected chi connectivity index (χ1v) is 5.81. The highest BCUT2D eigenvalue weighted by Gasteiger charge is 2.11. The molecule has 1 aliphatic heterocycles. The quantitative estimate of drug-likeness (QED) is 0.810. The van der Waals surface area contributed by atoms with Crippen LogP contribution in [0.15, 0.2) is 18.2 Å². The number of hydrogen-bond donors (Lipinski definition) is 0. The molecule has 0 N–H and O–H groups in total. The lowest BCUT2D eigenvalue weighted by molar-refractivity contribution is 0.152. The van der Waals surface area contributed by atoms with Crippen LogP contribution in [0.3, 0.4) is 0 Å². The van der Waals surface area contributed by atoms with Gasteiger partial charge in [-0.15, -0.1) is 0 Å². The Labute approximate surface area is 99.7 Å². The van der Waals surface area contributed by atoms with Crippen LogP contribution in [-0.4, -0.2) is 24.7 Å². The molecule has 1 aromatic rings. The maximum atomic E-state index is 5.88. The lowest BCUT2D eigenvalue weighted by Gasteiger charge is -2.15. The first-order chi connectivity index (χ1) is 7.25. The van der Waals surface area contributed by atoms with E-state index in [1.807, 2.05) is 6.07 Å². The van der Waals surface area contributed by atoms with E-state index >= 15 is 0 Å². The van der Waals surface area contributed by atoms with Crippen molar-refractivity contribution < 1.29 is 4.74 Å². The van der Waals surface area contributed by atoms with Gasteiger partial charge in [0.05, 0.1) is 10.0 Å². The molecular formula is C11H13Cl2NO. The Balaban J connectivity index is 1.90. The number of rotatable bonds is 3. The number of ether oxygens (including phenoxy) is 1. The number of nitrogens with zero attached hydrogens (tertiary/aromatic N) is 1. The highest BCUT2D eigenvalue weighted by atomic mass is 35.5. The average Bonchev–Trinajstić information content (AvgIpc) is 2.73. The Morgan fingerprint density at radius 1 is 1.13 bits per heavy atom. The number of hydrogen-bond acceptors (Lipinski definition) is 2. The molecule has 82 valence electrons. The Morgan fingerprint density at radius 2 is 1.87 bits per heavy atom. The van der Waals surface area contributed by atoms with Gasteiger partial charge in [0.25, 0.3) is 0 Å². The third kappa shape index (κ3) is 3.00. The van der Waals surface area contributed by atoms with E-state index in [1.54, 1.807) is 12.1 Å². The maximum Gasteiger partial charge on any atom is 0.142 e. The van der Waals surface area contributed by atoms with Gasteiger partial charge in [-0.2, -0.15) is 0 Å². The lowest BCUT2D eigenvalue weighted by atomic mass is 10.3. The fraction of sp³-hybridized carbons (Fsp3) is 0.455. The molecule has 0 atom stereocenters. The van der Waals surface area contributed by atoms with Crippen LogP contribution < -0.4 is 4.74 Å². The van der Waals surface area contributed by atoms with Crippen molar-refractivity contribution in [2.24, 2.45) is 0 Å². The third-order valence-electron chi connectivity index (χ3n) is 2.50. The second kappa shape index (κ2) is 5.06. The predicted octanol–water partition coefficient (Wildman–Crippen LogP) is 3.43. The summed E-state index contributed by atoms with van der Waals surface area (Å²) in [5, 5.41) is 1.10. The van der Waals surface area contributed by atoms with E-state index in [1.165, 1.54) is 12.8 Å². The van der Waals surface area contributed by atoms with Crippen molar-refractivity contribution in [1.29, 1.82) is 0 Å². The fourth-order valence-corrected chi connectivity index (χ4v) is 1.93. The van der Waals surface area contributed by atoms with Crippen LogP contribution >= 0.6 is 23.2 Å². The van der Waals surface area contributed by atoms with E-state index in [0.717, 1.165) is 18.8 Å². The first-order valence-electron chi connectivity index (χ1n) is 5.06. The van der Waals surface area contributed by atoms with E-state index in [-0.39, 0.29) is 0 Å². The summed E-state index contributed by atoms with van der Waals surface area (Å²) in [6.07, 6.45) is 2.54. The zero-order chi connectivity index (χ0) is 10.7. The third-order valence-corrected chi connectivity index (χ3v) is 3.24. The molecule has 1 aliphatic rings. The van der Waals surface area contributed by atoms with Gasteiger partial charge in [0, 0.05) is 19.2 Å². The van der Waals surface area contributed by atoms with Crippen LogP contribution in [0, 0.1) is 0 Å². The molecule has 2 rings (SSSR count). The summed E-state index contributed by atoms with van der Waals surface area (Å²) in [4.78, 5) is 2.28. The molecule has 0 amide bonds. The molecule has 15 heavy (non-hydrogen) atoms. The topological polar surface area (TPSA) is 12.5 Å². The van der Waals surface area contributed by atoms with Crippen LogP contribution in [0.2, 0.25) is 10.0 Å². The highest BCUT2D eigenvalue weighted by Crippen LogP contribution is 2.26. The maximum absolute atomic E-state index is 5.88. The fourth-order valence-electron chi connectivity index (χ4n) is 1.64. The summed E-state index contributed by atoms with van der Waals surface area (Å²) in [6.45, 7) is 2.89. The van der Waals surface area contributed by atoms with Gasteiger partial charge in [-0.1, -0.05) is 23.2 Å². The Kier molecular flexibility index (Phi) is 3.73. The van der Waals surface area contributed by atoms with E-state index < -0.39 is 0 Å². The van der Waals surface area contributed by atoms with E-state index in [9.17, 15) is 0 Å². The summed E-state index contributed by atoms with van der Waals surface area (Å²) < 4.78 is 5.61. The summed E-state index contributed by atoms with van der Waals surface area (Å²) in [5.74, 6) is 0.774. The second-order valence-corrected chi connectivity index (χ2v) is 4.49. The van der Waals surface area contributed by atoms with Crippen molar-refractivity contribution in [2.45, 2.75) is 12.8 Å². The molecule has 4 heteroatoms. The molecule has 1 fully saturated rings. The van der Waals surface area contributed by atoms with Crippen LogP contribution in [0.25, 0.3) is 0 Å². The number of benzene rings is 1. The van der Waals surface area contributed by atoms with Crippen molar-refractivity contribution in [3.8, 4) is 5.75 Å². The molecule has 0 saturated carbocycles. The van der Waals surface area contributed by atoms with E-state index in [4.69, 9.17) is 27.9 Å². The van der Waals surface area contributed by atoms with Crippen molar-refractivity contribution in [2.75, 3.05) is 19.8 Å². The van der Waals surface area contributed by atoms with Crippen molar-refractivity contribution in [3.05, 3.63) is 28.2 Å². The van der Waals surface area contributed by atoms with E-state index in [2.05, 4.69) is 4.90 Å². The Bertz CT molecular complexity index is 337. The monoisotopic (exact) mass is 245 g/mol. The normalized spacial score (nSPS) is 16.9. The van der Waals surface area contributed by atoms with Gasteiger partial charge in [0.15, 0.2) is 0 Å². The molecule has 0 bridgehead atoms. The molecule has 0 aliphatic carbocycles. The van der Waals surface area contributed by atoms with Gasteiger partial charge in [-0.3, -0.25) is 4.90 Å². The highest BCUT2D eigenvalue weighted by molar-refractivity contribution is 6.42. The number of halogens is 2. The molecule has 1 saturated heterocycles. The average molecular weight is 246 g/mol. The molecule has 0 aromatic heterocycles. The standard InChI is InChI=1S/C11H13Cl2NO/c12-10-4-3-9(7-11(10)13)15-8-14-5-1-2-6-14/h3-4,7H,1-2,5-6,8H2. The number of likely N-dealkylation sites (tertiary alicyclic amines) is 1. The zero-order valence-electron chi connectivity index (χ0n) is 8.38. The minimum Gasteiger partial charge on any atom is -0.478 e. The molecule has 0 spiro atoms. The van der Waals surface area contributed by atoms with Gasteiger partial charge >= 0.3 is 0 Å². The van der Waals surface area contributed by atoms with Gasteiger partial charge in [-0.05, 0) is 25.0 Å². The minimum atomic E-state index is 0.538. The summed E-state index contributed by atoms with van der Waals surface area (Å²) in [7, 11) is 0. The van der Waals surface area contributed by atoms with Crippen LogP contribution in [0.4, 0.5) is 0 Å². The molecule has 0 unspecified atom stereocenters. The molecule has 0 radical (unpaired) electrons. The summed E-state index contributed by atoms with van der Waals surface area (Å²) in [6, 6.07) is 5.34. The van der Waals surface area contributed by atoms with Crippen LogP contribution in [0.1, 0.15) is 12.8 Å². The van der Waals surface area contributed by atoms with Crippen LogP contribution in [-0.2, 0) is 0 Å². The molecule has 1 aromatic carbocycles. The summed E-state index contributed by atoms with van der Waals surface area (Å²) >= 11 is 11.7. The smallest absolute Gasteiger partial charge is 0.142 e. The Morgan fingerprint density at radius 3 is 2.53 bits per heavy atom. The molecule has 2 nitrogen and oxygen atoms in total. The lowest BCUT2D eigenvalue weighted by Crippen LogP contribution is -2.24. The minimum absolute atomic E-state index is 0.538. The zero-order valence-corrected chi connectivity index (χ0v) is 9.89. The van der Waals surface area contributed by atoms with Crippen molar-refractivity contribution in [3.63, 3.8) is 0 Å². The van der Waals surface area contributed by atoms with Crippen molar-refractivity contribution >= 4 is 23.2 Å². The van der Waals surface area contributed by atoms with Gasteiger partial charge in [0.1, 0.15) is 12.5 Å².